The molecule has 102 valence electrons. The Hall–Kier alpha value is -2.82. The molecule has 0 spiro atoms. The van der Waals surface area contributed by atoms with Gasteiger partial charge in [0.2, 0.25) is 0 Å². The molecule has 0 saturated carbocycles. The quantitative estimate of drug-likeness (QED) is 0.920. The number of ether oxygens (including phenoxy) is 1. The molecule has 1 aromatic carbocycles. The lowest BCUT2D eigenvalue weighted by Crippen LogP contribution is -2.14. The van der Waals surface area contributed by atoms with Gasteiger partial charge < -0.3 is 14.9 Å². The van der Waals surface area contributed by atoms with Crippen LogP contribution in [0.15, 0.2) is 45.6 Å². The second-order valence-corrected chi connectivity index (χ2v) is 4.03. The van der Waals surface area contributed by atoms with Crippen LogP contribution >= 0.6 is 0 Å². The van der Waals surface area contributed by atoms with E-state index in [9.17, 15) is 9.59 Å². The Bertz CT molecular complexity index is 699. The van der Waals surface area contributed by atoms with Gasteiger partial charge in [-0.2, -0.15) is 0 Å². The van der Waals surface area contributed by atoms with Gasteiger partial charge in [-0.1, -0.05) is 18.2 Å². The molecular weight excluding hydrogens is 258 g/mol. The number of benzene rings is 1. The lowest BCUT2D eigenvalue weighted by atomic mass is 10.2. The molecule has 0 radical (unpaired) electrons. The third-order valence-corrected chi connectivity index (χ3v) is 2.58. The van der Waals surface area contributed by atoms with E-state index < -0.39 is 5.91 Å². The highest BCUT2D eigenvalue weighted by Gasteiger charge is 2.05. The fraction of sp³-hybridized carbons (Fsp3) is 0.0667. The molecule has 0 aliphatic heterocycles. The second kappa shape index (κ2) is 5.88. The van der Waals surface area contributed by atoms with E-state index in [1.54, 1.807) is 19.3 Å². The number of amides is 1. The maximum absolute atomic E-state index is 11.4. The van der Waals surface area contributed by atoms with Crippen molar-refractivity contribution >= 4 is 18.1 Å². The van der Waals surface area contributed by atoms with Gasteiger partial charge in [0.05, 0.1) is 7.11 Å². The largest absolute Gasteiger partial charge is 0.497 e. The van der Waals surface area contributed by atoms with Gasteiger partial charge in [0.25, 0.3) is 5.91 Å². The molecule has 5 heteroatoms. The van der Waals surface area contributed by atoms with E-state index in [1.165, 1.54) is 6.07 Å². The zero-order valence-corrected chi connectivity index (χ0v) is 10.8. The summed E-state index contributed by atoms with van der Waals surface area (Å²) >= 11 is 0. The minimum Gasteiger partial charge on any atom is -0.497 e. The molecule has 0 aliphatic carbocycles. The lowest BCUT2D eigenvalue weighted by molar-refractivity contribution is 0.0971. The first-order valence-electron chi connectivity index (χ1n) is 5.85. The van der Waals surface area contributed by atoms with E-state index in [-0.39, 0.29) is 16.9 Å². The van der Waals surface area contributed by atoms with Crippen LogP contribution < -0.4 is 15.9 Å². The molecule has 20 heavy (non-hydrogen) atoms. The van der Waals surface area contributed by atoms with E-state index in [0.717, 1.165) is 17.4 Å². The van der Waals surface area contributed by atoms with Gasteiger partial charge in [-0.25, -0.2) is 0 Å². The van der Waals surface area contributed by atoms with Gasteiger partial charge in [0.15, 0.2) is 11.2 Å². The van der Waals surface area contributed by atoms with Gasteiger partial charge >= 0.3 is 0 Å². The summed E-state index contributed by atoms with van der Waals surface area (Å²) in [5.41, 5.74) is 5.65. The van der Waals surface area contributed by atoms with Crippen molar-refractivity contribution < 1.29 is 13.9 Å². The number of carbonyl (C=O) groups is 1. The predicted molar refractivity (Wildman–Crippen MR) is 75.4 cm³/mol. The van der Waals surface area contributed by atoms with Crippen molar-refractivity contribution in [2.45, 2.75) is 0 Å². The van der Waals surface area contributed by atoms with Crippen molar-refractivity contribution in [3.05, 3.63) is 63.7 Å². The van der Waals surface area contributed by atoms with Crippen molar-refractivity contribution in [2.75, 3.05) is 7.11 Å². The van der Waals surface area contributed by atoms with E-state index in [2.05, 4.69) is 0 Å². The van der Waals surface area contributed by atoms with E-state index in [4.69, 9.17) is 14.9 Å². The Morgan fingerprint density at radius 2 is 1.90 bits per heavy atom. The minimum atomic E-state index is -0.776. The summed E-state index contributed by atoms with van der Waals surface area (Å²) in [5.74, 6) is 0.0835. The number of hydrogen-bond donors (Lipinski definition) is 1. The highest BCUT2D eigenvalue weighted by Crippen LogP contribution is 2.14. The molecular formula is C15H13NO4. The SMILES string of the molecule is COc1ccc(/C=C/c2cc(=O)cc(C(N)=O)o2)cc1. The minimum absolute atomic E-state index is 0.160. The van der Waals surface area contributed by atoms with Gasteiger partial charge in [0.1, 0.15) is 11.5 Å². The van der Waals surface area contributed by atoms with Crippen LogP contribution in [-0.2, 0) is 0 Å². The summed E-state index contributed by atoms with van der Waals surface area (Å²) < 4.78 is 10.3. The summed E-state index contributed by atoms with van der Waals surface area (Å²) in [7, 11) is 1.59. The smallest absolute Gasteiger partial charge is 0.284 e. The average molecular weight is 271 g/mol. The Labute approximate surface area is 115 Å². The summed E-state index contributed by atoms with van der Waals surface area (Å²) in [6.07, 6.45) is 3.35. The number of nitrogens with two attached hydrogens (primary N) is 1. The first kappa shape index (κ1) is 13.6. The molecule has 2 N–H and O–H groups in total. The normalized spacial score (nSPS) is 10.7. The van der Waals surface area contributed by atoms with Crippen LogP contribution in [0, 0.1) is 0 Å². The van der Waals surface area contributed by atoms with E-state index in [0.29, 0.717) is 0 Å². The first-order valence-corrected chi connectivity index (χ1v) is 5.85. The van der Waals surface area contributed by atoms with Crippen LogP contribution in [0.25, 0.3) is 12.2 Å². The van der Waals surface area contributed by atoms with Crippen molar-refractivity contribution in [3.63, 3.8) is 0 Å². The van der Waals surface area contributed by atoms with Crippen LogP contribution in [0.1, 0.15) is 21.9 Å². The molecule has 0 saturated heterocycles. The molecule has 0 unspecified atom stereocenters. The molecule has 1 amide bonds. The van der Waals surface area contributed by atoms with Crippen LogP contribution in [0.5, 0.6) is 5.75 Å². The Morgan fingerprint density at radius 1 is 1.20 bits per heavy atom. The number of methoxy groups -OCH3 is 1. The standard InChI is InChI=1S/C15H13NO4/c1-19-12-5-2-10(3-6-12)4-7-13-8-11(17)9-14(20-13)15(16)18/h2-9H,1H3,(H2,16,18)/b7-4+. The molecule has 0 bridgehead atoms. The van der Waals surface area contributed by atoms with Crippen LogP contribution in [0.3, 0.4) is 0 Å². The van der Waals surface area contributed by atoms with E-state index in [1.807, 2.05) is 24.3 Å². The zero-order chi connectivity index (χ0) is 14.5. The summed E-state index contributed by atoms with van der Waals surface area (Å²) in [6, 6.07) is 9.68. The third-order valence-electron chi connectivity index (χ3n) is 2.58. The highest BCUT2D eigenvalue weighted by atomic mass is 16.5. The molecule has 5 nitrogen and oxygen atoms in total. The summed E-state index contributed by atoms with van der Waals surface area (Å²) in [4.78, 5) is 22.4. The lowest BCUT2D eigenvalue weighted by Gasteiger charge is -1.99. The number of rotatable bonds is 4. The monoisotopic (exact) mass is 271 g/mol. The van der Waals surface area contributed by atoms with Crippen molar-refractivity contribution in [1.82, 2.24) is 0 Å². The zero-order valence-electron chi connectivity index (χ0n) is 10.8. The topological polar surface area (TPSA) is 82.5 Å². The van der Waals surface area contributed by atoms with Gasteiger partial charge in [-0.05, 0) is 23.8 Å². The molecule has 1 aromatic heterocycles. The van der Waals surface area contributed by atoms with Crippen LogP contribution in [-0.4, -0.2) is 13.0 Å². The maximum atomic E-state index is 11.4. The summed E-state index contributed by atoms with van der Waals surface area (Å²) in [5, 5.41) is 0. The van der Waals surface area contributed by atoms with Crippen molar-refractivity contribution in [1.29, 1.82) is 0 Å². The van der Waals surface area contributed by atoms with E-state index >= 15 is 0 Å². The number of primary amides is 1. The first-order chi connectivity index (χ1) is 9.58. The average Bonchev–Trinajstić information content (AvgIpc) is 2.45. The number of hydrogen-bond acceptors (Lipinski definition) is 4. The van der Waals surface area contributed by atoms with Crippen LogP contribution in [0.2, 0.25) is 0 Å². The van der Waals surface area contributed by atoms with Crippen molar-refractivity contribution in [3.8, 4) is 5.75 Å². The molecule has 0 fully saturated rings. The fourth-order valence-electron chi connectivity index (χ4n) is 1.59. The molecule has 0 atom stereocenters. The van der Waals surface area contributed by atoms with Gasteiger partial charge in [-0.15, -0.1) is 0 Å². The Balaban J connectivity index is 2.26. The molecule has 2 aromatic rings. The van der Waals surface area contributed by atoms with Gasteiger partial charge in [0, 0.05) is 12.1 Å². The molecule has 0 aliphatic rings. The van der Waals surface area contributed by atoms with Crippen LogP contribution in [0.4, 0.5) is 0 Å². The summed E-state index contributed by atoms with van der Waals surface area (Å²) in [6.45, 7) is 0. The number of carbonyl (C=O) groups excluding carboxylic acids is 1. The maximum Gasteiger partial charge on any atom is 0.284 e. The fourth-order valence-corrected chi connectivity index (χ4v) is 1.59. The molecule has 1 heterocycles. The Kier molecular flexibility index (Phi) is 4.00. The second-order valence-electron chi connectivity index (χ2n) is 4.03. The highest BCUT2D eigenvalue weighted by molar-refractivity contribution is 5.89. The Morgan fingerprint density at radius 3 is 2.50 bits per heavy atom. The van der Waals surface area contributed by atoms with Gasteiger partial charge in [-0.3, -0.25) is 9.59 Å². The third kappa shape index (κ3) is 3.35. The molecule has 2 rings (SSSR count). The predicted octanol–water partition coefficient (Wildman–Crippen LogP) is 1.92. The van der Waals surface area contributed by atoms with Crippen molar-refractivity contribution in [2.24, 2.45) is 5.73 Å².